The number of carbonyl (C=O) groups excluding carboxylic acids is 1. The molecule has 0 aliphatic heterocycles. The third kappa shape index (κ3) is 7.06. The van der Waals surface area contributed by atoms with Crippen LogP contribution in [-0.2, 0) is 4.79 Å². The summed E-state index contributed by atoms with van der Waals surface area (Å²) in [5.41, 5.74) is 4.46. The first kappa shape index (κ1) is 21.0. The SMILES string of the molecule is CCC(C)c1ccc(OCCOc2ccc(Br)cc2C=NNC(C)=O)cc1. The summed E-state index contributed by atoms with van der Waals surface area (Å²) in [4.78, 5) is 10.9. The second-order valence-electron chi connectivity index (χ2n) is 6.18. The van der Waals surface area contributed by atoms with Gasteiger partial charge < -0.3 is 9.47 Å². The summed E-state index contributed by atoms with van der Waals surface area (Å²) in [5, 5.41) is 3.89. The van der Waals surface area contributed by atoms with E-state index in [9.17, 15) is 4.79 Å². The highest BCUT2D eigenvalue weighted by Crippen LogP contribution is 2.23. The van der Waals surface area contributed by atoms with Gasteiger partial charge in [-0.3, -0.25) is 4.79 Å². The van der Waals surface area contributed by atoms with Crippen LogP contribution in [0.25, 0.3) is 0 Å². The Morgan fingerprint density at radius 3 is 2.56 bits per heavy atom. The monoisotopic (exact) mass is 432 g/mol. The maximum absolute atomic E-state index is 10.9. The fourth-order valence-electron chi connectivity index (χ4n) is 2.38. The van der Waals surface area contributed by atoms with Crippen LogP contribution in [0.3, 0.4) is 0 Å². The van der Waals surface area contributed by atoms with E-state index in [0.29, 0.717) is 24.9 Å². The van der Waals surface area contributed by atoms with Gasteiger partial charge in [0.05, 0.1) is 6.21 Å². The molecule has 1 atom stereocenters. The molecular formula is C21H25BrN2O3. The minimum absolute atomic E-state index is 0.225. The van der Waals surface area contributed by atoms with Crippen LogP contribution in [0.1, 0.15) is 44.2 Å². The smallest absolute Gasteiger partial charge is 0.236 e. The molecule has 1 amide bonds. The van der Waals surface area contributed by atoms with E-state index in [-0.39, 0.29) is 5.91 Å². The molecule has 2 aromatic rings. The Labute approximate surface area is 168 Å². The Morgan fingerprint density at radius 2 is 1.89 bits per heavy atom. The topological polar surface area (TPSA) is 59.9 Å². The number of halogens is 1. The van der Waals surface area contributed by atoms with Gasteiger partial charge in [0, 0.05) is 17.0 Å². The van der Waals surface area contributed by atoms with Gasteiger partial charge >= 0.3 is 0 Å². The number of hydrogen-bond acceptors (Lipinski definition) is 4. The van der Waals surface area contributed by atoms with Crippen molar-refractivity contribution >= 4 is 28.1 Å². The van der Waals surface area contributed by atoms with Gasteiger partial charge in [0.25, 0.3) is 0 Å². The maximum atomic E-state index is 10.9. The van der Waals surface area contributed by atoms with Crippen molar-refractivity contribution in [2.75, 3.05) is 13.2 Å². The molecule has 0 aromatic heterocycles. The Morgan fingerprint density at radius 1 is 1.19 bits per heavy atom. The minimum atomic E-state index is -0.225. The Hall–Kier alpha value is -2.34. The molecule has 144 valence electrons. The molecule has 0 saturated carbocycles. The summed E-state index contributed by atoms with van der Waals surface area (Å²) in [6, 6.07) is 13.8. The number of rotatable bonds is 9. The number of carbonyl (C=O) groups is 1. The van der Waals surface area contributed by atoms with Crippen molar-refractivity contribution in [2.45, 2.75) is 33.1 Å². The molecule has 0 saturated heterocycles. The van der Waals surface area contributed by atoms with Gasteiger partial charge in [0.15, 0.2) is 0 Å². The first-order valence-electron chi connectivity index (χ1n) is 8.94. The molecule has 6 heteroatoms. The summed E-state index contributed by atoms with van der Waals surface area (Å²) >= 11 is 3.42. The predicted octanol–water partition coefficient (Wildman–Crippen LogP) is 4.89. The van der Waals surface area contributed by atoms with Crippen LogP contribution in [-0.4, -0.2) is 25.3 Å². The van der Waals surface area contributed by atoms with Gasteiger partial charge in [0.2, 0.25) is 5.91 Å². The molecule has 1 unspecified atom stereocenters. The number of nitrogens with zero attached hydrogens (tertiary/aromatic N) is 1. The zero-order chi connectivity index (χ0) is 19.6. The molecule has 0 radical (unpaired) electrons. The molecular weight excluding hydrogens is 408 g/mol. The van der Waals surface area contributed by atoms with Crippen LogP contribution >= 0.6 is 15.9 Å². The lowest BCUT2D eigenvalue weighted by Gasteiger charge is -2.12. The molecule has 2 rings (SSSR count). The van der Waals surface area contributed by atoms with Crippen molar-refractivity contribution in [3.05, 3.63) is 58.1 Å². The number of benzene rings is 2. The third-order valence-electron chi connectivity index (χ3n) is 4.07. The molecule has 27 heavy (non-hydrogen) atoms. The van der Waals surface area contributed by atoms with Gasteiger partial charge in [0.1, 0.15) is 24.7 Å². The molecule has 2 aromatic carbocycles. The Kier molecular flexibility index (Phi) is 8.33. The van der Waals surface area contributed by atoms with Gasteiger partial charge in [-0.2, -0.15) is 5.10 Å². The largest absolute Gasteiger partial charge is 0.490 e. The summed E-state index contributed by atoms with van der Waals surface area (Å²) in [5.74, 6) is 1.82. The molecule has 0 heterocycles. The number of amides is 1. The second kappa shape index (κ2) is 10.7. The molecule has 0 aliphatic rings. The molecule has 0 aliphatic carbocycles. The van der Waals surface area contributed by atoms with Crippen molar-refractivity contribution in [1.82, 2.24) is 5.43 Å². The van der Waals surface area contributed by atoms with Crippen molar-refractivity contribution in [3.8, 4) is 11.5 Å². The Balaban J connectivity index is 1.87. The van der Waals surface area contributed by atoms with E-state index in [2.05, 4.69) is 52.4 Å². The Bertz CT molecular complexity index is 775. The lowest BCUT2D eigenvalue weighted by Crippen LogP contribution is -2.13. The van der Waals surface area contributed by atoms with Crippen molar-refractivity contribution in [1.29, 1.82) is 0 Å². The lowest BCUT2D eigenvalue weighted by atomic mass is 9.99. The van der Waals surface area contributed by atoms with E-state index in [1.165, 1.54) is 12.5 Å². The van der Waals surface area contributed by atoms with E-state index in [4.69, 9.17) is 9.47 Å². The molecule has 0 bridgehead atoms. The fraction of sp³-hybridized carbons (Fsp3) is 0.333. The van der Waals surface area contributed by atoms with E-state index in [1.807, 2.05) is 30.3 Å². The van der Waals surface area contributed by atoms with Gasteiger partial charge in [-0.05, 0) is 48.2 Å². The fourth-order valence-corrected chi connectivity index (χ4v) is 2.76. The highest BCUT2D eigenvalue weighted by atomic mass is 79.9. The molecule has 1 N–H and O–H groups in total. The summed E-state index contributed by atoms with van der Waals surface area (Å²) in [7, 11) is 0. The van der Waals surface area contributed by atoms with E-state index < -0.39 is 0 Å². The zero-order valence-corrected chi connectivity index (χ0v) is 17.5. The van der Waals surface area contributed by atoms with Crippen LogP contribution in [0.2, 0.25) is 0 Å². The zero-order valence-electron chi connectivity index (χ0n) is 15.9. The van der Waals surface area contributed by atoms with Crippen LogP contribution in [0.5, 0.6) is 11.5 Å². The second-order valence-corrected chi connectivity index (χ2v) is 7.10. The predicted molar refractivity (Wildman–Crippen MR) is 112 cm³/mol. The maximum Gasteiger partial charge on any atom is 0.236 e. The average Bonchev–Trinajstić information content (AvgIpc) is 2.66. The minimum Gasteiger partial charge on any atom is -0.490 e. The number of nitrogens with one attached hydrogen (secondary N) is 1. The van der Waals surface area contributed by atoms with Crippen LogP contribution in [0.4, 0.5) is 0 Å². The standard InChI is InChI=1S/C21H25BrN2O3/c1-4-15(2)17-5-8-20(9-6-17)26-11-12-27-21-10-7-19(22)13-18(21)14-23-24-16(3)25/h5-10,13-15H,4,11-12H2,1-3H3,(H,24,25). The van der Waals surface area contributed by atoms with Crippen molar-refractivity contribution in [3.63, 3.8) is 0 Å². The first-order chi connectivity index (χ1) is 13.0. The van der Waals surface area contributed by atoms with Gasteiger partial charge in [-0.1, -0.05) is 41.9 Å². The van der Waals surface area contributed by atoms with Crippen LogP contribution < -0.4 is 14.9 Å². The summed E-state index contributed by atoms with van der Waals surface area (Å²) < 4.78 is 12.4. The summed E-state index contributed by atoms with van der Waals surface area (Å²) in [6.45, 7) is 6.64. The number of ether oxygens (including phenoxy) is 2. The van der Waals surface area contributed by atoms with Gasteiger partial charge in [-0.25, -0.2) is 5.43 Å². The highest BCUT2D eigenvalue weighted by molar-refractivity contribution is 9.10. The van der Waals surface area contributed by atoms with E-state index >= 15 is 0 Å². The van der Waals surface area contributed by atoms with Crippen LogP contribution in [0.15, 0.2) is 52.0 Å². The molecule has 5 nitrogen and oxygen atoms in total. The van der Waals surface area contributed by atoms with E-state index in [0.717, 1.165) is 22.2 Å². The first-order valence-corrected chi connectivity index (χ1v) is 9.73. The number of hydrazone groups is 1. The number of hydrogen-bond donors (Lipinski definition) is 1. The lowest BCUT2D eigenvalue weighted by molar-refractivity contribution is -0.118. The van der Waals surface area contributed by atoms with Crippen molar-refractivity contribution < 1.29 is 14.3 Å². The average molecular weight is 433 g/mol. The highest BCUT2D eigenvalue weighted by Gasteiger charge is 2.05. The normalized spacial score (nSPS) is 12.0. The van der Waals surface area contributed by atoms with E-state index in [1.54, 1.807) is 6.21 Å². The molecule has 0 spiro atoms. The summed E-state index contributed by atoms with van der Waals surface area (Å²) in [6.07, 6.45) is 2.67. The van der Waals surface area contributed by atoms with Crippen LogP contribution in [0, 0.1) is 0 Å². The van der Waals surface area contributed by atoms with Gasteiger partial charge in [-0.15, -0.1) is 0 Å². The van der Waals surface area contributed by atoms with Crippen molar-refractivity contribution in [2.24, 2.45) is 5.10 Å². The quantitative estimate of drug-likeness (QED) is 0.348. The third-order valence-corrected chi connectivity index (χ3v) is 4.56. The molecule has 0 fully saturated rings.